The standard InChI is InChI=1S/C16H17N3O4/c1-16(2,3)23-15(22)19-13-10-5-4-9(8-20)6-12(10)18-14(21)11(13)7-17-19/h4-7,20H,8H2,1-3H3,(H,18,21). The first-order valence-corrected chi connectivity index (χ1v) is 7.17. The van der Waals surface area contributed by atoms with Crippen LogP contribution in [0.5, 0.6) is 0 Å². The van der Waals surface area contributed by atoms with Crippen LogP contribution in [-0.4, -0.2) is 31.6 Å². The second-order valence-electron chi connectivity index (χ2n) is 6.29. The number of hydrogen-bond donors (Lipinski definition) is 2. The summed E-state index contributed by atoms with van der Waals surface area (Å²) >= 11 is 0. The fourth-order valence-corrected chi connectivity index (χ4v) is 2.41. The first kappa shape index (κ1) is 15.2. The van der Waals surface area contributed by atoms with Gasteiger partial charge < -0.3 is 14.8 Å². The van der Waals surface area contributed by atoms with Gasteiger partial charge in [-0.3, -0.25) is 4.79 Å². The molecule has 0 saturated carbocycles. The Morgan fingerprint density at radius 2 is 2.09 bits per heavy atom. The molecular formula is C16H17N3O4. The summed E-state index contributed by atoms with van der Waals surface area (Å²) < 4.78 is 6.43. The van der Waals surface area contributed by atoms with Crippen molar-refractivity contribution in [2.75, 3.05) is 0 Å². The summed E-state index contributed by atoms with van der Waals surface area (Å²) in [5.41, 5.74) is 0.561. The second-order valence-corrected chi connectivity index (χ2v) is 6.29. The lowest BCUT2D eigenvalue weighted by atomic mass is 10.1. The Kier molecular flexibility index (Phi) is 3.45. The van der Waals surface area contributed by atoms with E-state index in [4.69, 9.17) is 4.74 Å². The number of aliphatic hydroxyl groups excluding tert-OH is 1. The van der Waals surface area contributed by atoms with E-state index in [1.54, 1.807) is 39.0 Å². The molecule has 0 unspecified atom stereocenters. The van der Waals surface area contributed by atoms with E-state index in [2.05, 4.69) is 10.1 Å². The minimum atomic E-state index is -0.670. The van der Waals surface area contributed by atoms with Gasteiger partial charge in [0.1, 0.15) is 5.60 Å². The van der Waals surface area contributed by atoms with Crippen LogP contribution in [0.1, 0.15) is 26.3 Å². The number of carbonyl (C=O) groups excluding carboxylic acids is 1. The average molecular weight is 315 g/mol. The van der Waals surface area contributed by atoms with E-state index >= 15 is 0 Å². The van der Waals surface area contributed by atoms with Gasteiger partial charge in [0.2, 0.25) is 0 Å². The normalized spacial score (nSPS) is 12.0. The van der Waals surface area contributed by atoms with Gasteiger partial charge in [0, 0.05) is 5.39 Å². The van der Waals surface area contributed by atoms with Gasteiger partial charge in [0.15, 0.2) is 0 Å². The summed E-state index contributed by atoms with van der Waals surface area (Å²) in [6, 6.07) is 5.14. The molecule has 2 N–H and O–H groups in total. The third kappa shape index (κ3) is 2.70. The third-order valence-corrected chi connectivity index (χ3v) is 3.35. The Hall–Kier alpha value is -2.67. The van der Waals surface area contributed by atoms with Crippen LogP contribution in [0, 0.1) is 0 Å². The summed E-state index contributed by atoms with van der Waals surface area (Å²) in [4.78, 5) is 27.3. The molecule has 0 amide bonds. The van der Waals surface area contributed by atoms with Crippen LogP contribution in [0.2, 0.25) is 0 Å². The molecule has 3 aromatic rings. The van der Waals surface area contributed by atoms with Crippen molar-refractivity contribution in [3.63, 3.8) is 0 Å². The van der Waals surface area contributed by atoms with E-state index in [-0.39, 0.29) is 12.2 Å². The van der Waals surface area contributed by atoms with Crippen LogP contribution in [-0.2, 0) is 11.3 Å². The highest BCUT2D eigenvalue weighted by atomic mass is 16.6. The Morgan fingerprint density at radius 3 is 2.74 bits per heavy atom. The minimum absolute atomic E-state index is 0.138. The number of fused-ring (bicyclic) bond motifs is 3. The van der Waals surface area contributed by atoms with Crippen molar-refractivity contribution >= 4 is 27.9 Å². The monoisotopic (exact) mass is 315 g/mol. The van der Waals surface area contributed by atoms with Crippen molar-refractivity contribution in [1.29, 1.82) is 0 Å². The molecule has 0 fully saturated rings. The van der Waals surface area contributed by atoms with Crippen molar-refractivity contribution in [3.05, 3.63) is 40.3 Å². The zero-order valence-corrected chi connectivity index (χ0v) is 13.1. The number of hydrogen-bond acceptors (Lipinski definition) is 5. The lowest BCUT2D eigenvalue weighted by molar-refractivity contribution is 0.0523. The summed E-state index contributed by atoms with van der Waals surface area (Å²) in [6.07, 6.45) is 0.697. The lowest BCUT2D eigenvalue weighted by Crippen LogP contribution is -2.27. The van der Waals surface area contributed by atoms with Crippen LogP contribution >= 0.6 is 0 Å². The Morgan fingerprint density at radius 1 is 1.35 bits per heavy atom. The van der Waals surface area contributed by atoms with E-state index in [1.165, 1.54) is 6.20 Å². The maximum Gasteiger partial charge on any atom is 0.435 e. The quantitative estimate of drug-likeness (QED) is 0.717. The van der Waals surface area contributed by atoms with Crippen molar-refractivity contribution in [2.24, 2.45) is 0 Å². The van der Waals surface area contributed by atoms with Crippen molar-refractivity contribution in [2.45, 2.75) is 33.0 Å². The molecule has 2 heterocycles. The Labute approximate surface area is 131 Å². The molecule has 1 aromatic carbocycles. The molecule has 0 atom stereocenters. The molecule has 0 aliphatic heterocycles. The predicted octanol–water partition coefficient (Wildman–Crippen LogP) is 2.15. The van der Waals surface area contributed by atoms with Gasteiger partial charge in [-0.25, -0.2) is 4.79 Å². The van der Waals surface area contributed by atoms with Crippen molar-refractivity contribution < 1.29 is 14.6 Å². The van der Waals surface area contributed by atoms with Gasteiger partial charge in [-0.15, -0.1) is 0 Å². The first-order valence-electron chi connectivity index (χ1n) is 7.17. The summed E-state index contributed by atoms with van der Waals surface area (Å²) in [5, 5.41) is 14.2. The van der Waals surface area contributed by atoms with Gasteiger partial charge in [-0.1, -0.05) is 12.1 Å². The summed E-state index contributed by atoms with van der Waals surface area (Å²) in [7, 11) is 0. The molecule has 2 aromatic heterocycles. The van der Waals surface area contributed by atoms with Crippen LogP contribution in [0.15, 0.2) is 29.2 Å². The highest BCUT2D eigenvalue weighted by Crippen LogP contribution is 2.23. The number of H-pyrrole nitrogens is 1. The number of carbonyl (C=O) groups is 1. The molecule has 7 nitrogen and oxygen atoms in total. The zero-order chi connectivity index (χ0) is 16.8. The van der Waals surface area contributed by atoms with Gasteiger partial charge in [-0.2, -0.15) is 9.78 Å². The molecule has 23 heavy (non-hydrogen) atoms. The second kappa shape index (κ2) is 5.20. The molecule has 120 valence electrons. The van der Waals surface area contributed by atoms with Crippen molar-refractivity contribution in [3.8, 4) is 0 Å². The number of aromatic amines is 1. The largest absolute Gasteiger partial charge is 0.442 e. The van der Waals surface area contributed by atoms with Gasteiger partial charge in [0.05, 0.1) is 29.2 Å². The molecule has 0 saturated heterocycles. The number of benzene rings is 1. The zero-order valence-electron chi connectivity index (χ0n) is 13.1. The topological polar surface area (TPSA) is 97.2 Å². The first-order chi connectivity index (χ1) is 10.8. The molecule has 0 bridgehead atoms. The highest BCUT2D eigenvalue weighted by Gasteiger charge is 2.22. The van der Waals surface area contributed by atoms with Gasteiger partial charge >= 0.3 is 6.09 Å². The number of pyridine rings is 1. The number of ether oxygens (including phenoxy) is 1. The summed E-state index contributed by atoms with van der Waals surface area (Å²) in [5.74, 6) is 0. The fraction of sp³-hybridized carbons (Fsp3) is 0.312. The van der Waals surface area contributed by atoms with Crippen molar-refractivity contribution in [1.82, 2.24) is 14.8 Å². The average Bonchev–Trinajstić information content (AvgIpc) is 2.90. The SMILES string of the molecule is CC(C)(C)OC(=O)n1ncc2c(=O)[nH]c3cc(CO)ccc3c21. The molecule has 0 radical (unpaired) electrons. The minimum Gasteiger partial charge on any atom is -0.442 e. The maximum atomic E-state index is 12.3. The molecule has 0 aliphatic carbocycles. The van der Waals surface area contributed by atoms with Crippen LogP contribution in [0.25, 0.3) is 21.8 Å². The fourth-order valence-electron chi connectivity index (χ4n) is 2.41. The Bertz CT molecular complexity index is 963. The third-order valence-electron chi connectivity index (χ3n) is 3.35. The molecular weight excluding hydrogens is 298 g/mol. The maximum absolute atomic E-state index is 12.3. The smallest absolute Gasteiger partial charge is 0.435 e. The Balaban J connectivity index is 2.29. The van der Waals surface area contributed by atoms with E-state index in [0.29, 0.717) is 27.4 Å². The summed E-state index contributed by atoms with van der Waals surface area (Å²) in [6.45, 7) is 5.14. The van der Waals surface area contributed by atoms with E-state index in [1.807, 2.05) is 0 Å². The van der Waals surface area contributed by atoms with E-state index in [9.17, 15) is 14.7 Å². The number of aliphatic hydroxyl groups is 1. The molecule has 0 spiro atoms. The van der Waals surface area contributed by atoms with Crippen LogP contribution in [0.3, 0.4) is 0 Å². The number of nitrogens with zero attached hydrogens (tertiary/aromatic N) is 2. The van der Waals surface area contributed by atoms with E-state index in [0.717, 1.165) is 4.68 Å². The number of aromatic nitrogens is 3. The van der Waals surface area contributed by atoms with Crippen LogP contribution < -0.4 is 5.56 Å². The molecule has 3 rings (SSSR count). The highest BCUT2D eigenvalue weighted by molar-refractivity contribution is 6.06. The lowest BCUT2D eigenvalue weighted by Gasteiger charge is -2.19. The number of rotatable bonds is 1. The van der Waals surface area contributed by atoms with Crippen LogP contribution in [0.4, 0.5) is 4.79 Å². The predicted molar refractivity (Wildman–Crippen MR) is 85.4 cm³/mol. The van der Waals surface area contributed by atoms with E-state index < -0.39 is 11.7 Å². The molecule has 0 aliphatic rings. The van der Waals surface area contributed by atoms with Gasteiger partial charge in [0.25, 0.3) is 5.56 Å². The van der Waals surface area contributed by atoms with Gasteiger partial charge in [-0.05, 0) is 32.4 Å². The number of nitrogens with one attached hydrogen (secondary N) is 1. The molecule has 7 heteroatoms.